The first kappa shape index (κ1) is 20.8. The minimum atomic E-state index is -0.256. The molecule has 0 bridgehead atoms. The first-order valence-corrected chi connectivity index (χ1v) is 9.24. The van der Waals surface area contributed by atoms with Crippen LogP contribution in [0.5, 0.6) is 5.75 Å². The van der Waals surface area contributed by atoms with E-state index in [1.165, 1.54) is 12.1 Å². The smallest absolute Gasteiger partial charge is 0.126 e. The van der Waals surface area contributed by atoms with Crippen molar-refractivity contribution in [2.75, 3.05) is 13.2 Å². The van der Waals surface area contributed by atoms with Crippen molar-refractivity contribution in [1.29, 1.82) is 0 Å². The van der Waals surface area contributed by atoms with E-state index in [-0.39, 0.29) is 18.2 Å². The second-order valence-electron chi connectivity index (χ2n) is 6.76. The standard InChI is InChI=1S/C23H21FN2O2.ClH/c24-20-5-1-3-17(10-20)19-9-16(14-26-15-19)13-25-7-8-28-23-6-2-4-18-11-21(27)12-22(18)23;/h1-6,9-10,12,14-15,25,27H,7-8,11,13H2;1H. The predicted molar refractivity (Wildman–Crippen MR) is 115 cm³/mol. The fraction of sp³-hybridized carbons (Fsp3) is 0.174. The number of fused-ring (bicyclic) bond motifs is 1. The van der Waals surface area contributed by atoms with E-state index in [1.54, 1.807) is 24.5 Å². The molecule has 4 nitrogen and oxygen atoms in total. The van der Waals surface area contributed by atoms with Crippen LogP contribution in [0, 0.1) is 5.82 Å². The van der Waals surface area contributed by atoms with Gasteiger partial charge in [-0.25, -0.2) is 4.39 Å². The molecule has 4 rings (SSSR count). The molecule has 6 heteroatoms. The van der Waals surface area contributed by atoms with Crippen molar-refractivity contribution in [1.82, 2.24) is 10.3 Å². The van der Waals surface area contributed by atoms with Crippen LogP contribution in [0.3, 0.4) is 0 Å². The number of hydrogen-bond donors (Lipinski definition) is 2. The van der Waals surface area contributed by atoms with Crippen molar-refractivity contribution in [3.8, 4) is 16.9 Å². The van der Waals surface area contributed by atoms with Gasteiger partial charge in [0.2, 0.25) is 0 Å². The quantitative estimate of drug-likeness (QED) is 0.540. The van der Waals surface area contributed by atoms with Gasteiger partial charge in [0.1, 0.15) is 18.2 Å². The second kappa shape index (κ2) is 9.54. The molecule has 0 saturated carbocycles. The molecule has 0 spiro atoms. The first-order valence-electron chi connectivity index (χ1n) is 9.24. The lowest BCUT2D eigenvalue weighted by molar-refractivity contribution is 0.313. The lowest BCUT2D eigenvalue weighted by atomic mass is 10.1. The summed E-state index contributed by atoms with van der Waals surface area (Å²) >= 11 is 0. The van der Waals surface area contributed by atoms with E-state index in [1.807, 2.05) is 30.3 Å². The molecular formula is C23H22ClFN2O2. The first-order chi connectivity index (χ1) is 13.7. The Hall–Kier alpha value is -2.89. The molecule has 3 aromatic rings. The van der Waals surface area contributed by atoms with Crippen molar-refractivity contribution < 1.29 is 14.2 Å². The third-order valence-electron chi connectivity index (χ3n) is 4.66. The lowest BCUT2D eigenvalue weighted by Gasteiger charge is -2.11. The Bertz CT molecular complexity index is 1020. The molecule has 1 heterocycles. The average molecular weight is 413 g/mol. The molecule has 1 aliphatic carbocycles. The number of pyridine rings is 1. The molecule has 0 fully saturated rings. The number of hydrogen-bond acceptors (Lipinski definition) is 4. The van der Waals surface area contributed by atoms with Crippen LogP contribution in [-0.2, 0) is 13.0 Å². The number of aliphatic hydroxyl groups excluding tert-OH is 1. The van der Waals surface area contributed by atoms with E-state index in [4.69, 9.17) is 4.74 Å². The molecule has 1 aliphatic rings. The van der Waals surface area contributed by atoms with Crippen LogP contribution in [0.25, 0.3) is 17.2 Å². The number of benzene rings is 2. The van der Waals surface area contributed by atoms with Crippen LogP contribution in [0.15, 0.2) is 66.7 Å². The highest BCUT2D eigenvalue weighted by Gasteiger charge is 2.15. The fourth-order valence-corrected chi connectivity index (χ4v) is 3.32. The van der Waals surface area contributed by atoms with Gasteiger partial charge in [-0.15, -0.1) is 12.4 Å². The van der Waals surface area contributed by atoms with Crippen molar-refractivity contribution in [2.45, 2.75) is 13.0 Å². The molecule has 2 N–H and O–H groups in total. The van der Waals surface area contributed by atoms with E-state index >= 15 is 0 Å². The Kier molecular flexibility index (Phi) is 6.86. The molecule has 2 aromatic carbocycles. The number of rotatable bonds is 7. The molecule has 0 aliphatic heterocycles. The molecule has 0 radical (unpaired) electrons. The van der Waals surface area contributed by atoms with Crippen LogP contribution in [-0.4, -0.2) is 23.2 Å². The number of aliphatic hydroxyl groups is 1. The van der Waals surface area contributed by atoms with Crippen molar-refractivity contribution in [3.63, 3.8) is 0 Å². The Morgan fingerprint density at radius 2 is 1.93 bits per heavy atom. The highest BCUT2D eigenvalue weighted by atomic mass is 35.5. The summed E-state index contributed by atoms with van der Waals surface area (Å²) in [6.45, 7) is 1.83. The van der Waals surface area contributed by atoms with Crippen LogP contribution in [0.2, 0.25) is 0 Å². The SMILES string of the molecule is Cl.OC1=Cc2c(cccc2OCCNCc2cncc(-c3cccc(F)c3)c2)C1. The zero-order chi connectivity index (χ0) is 19.3. The van der Waals surface area contributed by atoms with Crippen LogP contribution < -0.4 is 10.1 Å². The van der Waals surface area contributed by atoms with E-state index in [0.717, 1.165) is 33.6 Å². The third-order valence-corrected chi connectivity index (χ3v) is 4.66. The number of ether oxygens (including phenoxy) is 1. The topological polar surface area (TPSA) is 54.4 Å². The maximum absolute atomic E-state index is 13.4. The van der Waals surface area contributed by atoms with Gasteiger partial charge in [-0.05, 0) is 47.0 Å². The van der Waals surface area contributed by atoms with Crippen molar-refractivity contribution in [3.05, 3.63) is 89.2 Å². The van der Waals surface area contributed by atoms with Crippen LogP contribution in [0.1, 0.15) is 16.7 Å². The van der Waals surface area contributed by atoms with E-state index < -0.39 is 0 Å². The van der Waals surface area contributed by atoms with Crippen molar-refractivity contribution in [2.24, 2.45) is 0 Å². The summed E-state index contributed by atoms with van der Waals surface area (Å²) in [5.74, 6) is 0.904. The third kappa shape index (κ3) is 5.13. The Balaban J connectivity index is 0.00000240. The highest BCUT2D eigenvalue weighted by molar-refractivity contribution is 5.85. The Morgan fingerprint density at radius 3 is 2.79 bits per heavy atom. The van der Waals surface area contributed by atoms with Gasteiger partial charge < -0.3 is 15.2 Å². The Morgan fingerprint density at radius 1 is 1.07 bits per heavy atom. The second-order valence-corrected chi connectivity index (χ2v) is 6.76. The van der Waals surface area contributed by atoms with Gasteiger partial charge in [-0.1, -0.05) is 24.3 Å². The number of aromatic nitrogens is 1. The molecule has 1 aromatic heterocycles. The molecule has 0 saturated heterocycles. The summed E-state index contributed by atoms with van der Waals surface area (Å²) in [5.41, 5.74) is 4.78. The minimum Gasteiger partial charge on any atom is -0.512 e. The zero-order valence-corrected chi connectivity index (χ0v) is 16.6. The van der Waals surface area contributed by atoms with Crippen LogP contribution in [0.4, 0.5) is 4.39 Å². The summed E-state index contributed by atoms with van der Waals surface area (Å²) in [6.07, 6.45) is 5.87. The molecule has 0 unspecified atom stereocenters. The summed E-state index contributed by atoms with van der Waals surface area (Å²) in [4.78, 5) is 4.26. The maximum atomic E-state index is 13.4. The Labute approximate surface area is 175 Å². The monoisotopic (exact) mass is 412 g/mol. The number of allylic oxidation sites excluding steroid dienone is 1. The van der Waals surface area contributed by atoms with Gasteiger partial charge in [-0.3, -0.25) is 4.98 Å². The van der Waals surface area contributed by atoms with Gasteiger partial charge in [-0.2, -0.15) is 0 Å². The molecule has 29 heavy (non-hydrogen) atoms. The average Bonchev–Trinajstić information content (AvgIpc) is 3.09. The summed E-state index contributed by atoms with van der Waals surface area (Å²) < 4.78 is 19.3. The van der Waals surface area contributed by atoms with Gasteiger partial charge in [0.25, 0.3) is 0 Å². The van der Waals surface area contributed by atoms with Gasteiger partial charge in [0.05, 0.1) is 5.76 Å². The molecule has 150 valence electrons. The van der Waals surface area contributed by atoms with Gasteiger partial charge >= 0.3 is 0 Å². The highest BCUT2D eigenvalue weighted by Crippen LogP contribution is 2.31. The van der Waals surface area contributed by atoms with Gasteiger partial charge in [0.15, 0.2) is 0 Å². The molecular weight excluding hydrogens is 391 g/mol. The van der Waals surface area contributed by atoms with E-state index in [0.29, 0.717) is 31.9 Å². The van der Waals surface area contributed by atoms with Gasteiger partial charge in [0, 0.05) is 43.0 Å². The lowest BCUT2D eigenvalue weighted by Crippen LogP contribution is -2.20. The zero-order valence-electron chi connectivity index (χ0n) is 15.8. The number of nitrogens with zero attached hydrogens (tertiary/aromatic N) is 1. The molecule has 0 atom stereocenters. The normalized spacial score (nSPS) is 12.1. The van der Waals surface area contributed by atoms with E-state index in [2.05, 4.69) is 10.3 Å². The largest absolute Gasteiger partial charge is 0.512 e. The maximum Gasteiger partial charge on any atom is 0.126 e. The van der Waals surface area contributed by atoms with Crippen molar-refractivity contribution >= 4 is 18.5 Å². The summed E-state index contributed by atoms with van der Waals surface area (Å²) in [6, 6.07) is 14.4. The minimum absolute atomic E-state index is 0. The number of nitrogens with one attached hydrogen (secondary N) is 1. The fourth-order valence-electron chi connectivity index (χ4n) is 3.32. The van der Waals surface area contributed by atoms with E-state index in [9.17, 15) is 9.50 Å². The summed E-state index contributed by atoms with van der Waals surface area (Å²) in [5, 5.41) is 13.0. The molecule has 0 amide bonds. The summed E-state index contributed by atoms with van der Waals surface area (Å²) in [7, 11) is 0. The van der Waals surface area contributed by atoms with Crippen LogP contribution >= 0.6 is 12.4 Å². The number of halogens is 2. The predicted octanol–water partition coefficient (Wildman–Crippen LogP) is 4.93.